The van der Waals surface area contributed by atoms with Crippen molar-refractivity contribution in [2.24, 2.45) is 0 Å². The molecule has 0 spiro atoms. The lowest BCUT2D eigenvalue weighted by Crippen LogP contribution is -2.21. The summed E-state index contributed by atoms with van der Waals surface area (Å²) in [5, 5.41) is 0. The molecule has 0 fully saturated rings. The summed E-state index contributed by atoms with van der Waals surface area (Å²) < 4.78 is 58.9. The lowest BCUT2D eigenvalue weighted by Gasteiger charge is -2.22. The molecule has 0 heterocycles. The maximum Gasteiger partial charge on any atom is 0.485 e. The summed E-state index contributed by atoms with van der Waals surface area (Å²) in [6.07, 6.45) is 0. The number of benzene rings is 7. The van der Waals surface area contributed by atoms with E-state index in [-0.39, 0.29) is 27.5 Å². The van der Waals surface area contributed by atoms with Crippen LogP contribution >= 0.6 is 11.8 Å². The summed E-state index contributed by atoms with van der Waals surface area (Å²) >= 11 is 1.81. The topological polar surface area (TPSA) is 74.3 Å². The van der Waals surface area contributed by atoms with Crippen LogP contribution in [0.5, 0.6) is 0 Å². The van der Waals surface area contributed by atoms with E-state index in [9.17, 15) is 18.0 Å². The van der Waals surface area contributed by atoms with Crippen molar-refractivity contribution in [1.29, 1.82) is 0 Å². The van der Waals surface area contributed by atoms with Gasteiger partial charge in [-0.3, -0.25) is 4.79 Å². The fourth-order valence-electron chi connectivity index (χ4n) is 8.23. The Morgan fingerprint density at radius 3 is 1.60 bits per heavy atom. The molecule has 60 heavy (non-hydrogen) atoms. The molecule has 0 N–H and O–H groups in total. The second kappa shape index (κ2) is 15.6. The average molecular weight is 857 g/mol. The predicted octanol–water partition coefficient (Wildman–Crippen LogP) is 12.8. The fraction of sp³-hybridized carbons (Fsp3) is 0.140. The van der Waals surface area contributed by atoms with Crippen molar-refractivity contribution in [3.63, 3.8) is 0 Å². The molecule has 1 atom stereocenters. The van der Waals surface area contributed by atoms with Gasteiger partial charge in [0.25, 0.3) is 0 Å². The first-order chi connectivity index (χ1) is 28.4. The van der Waals surface area contributed by atoms with Gasteiger partial charge in [-0.2, -0.15) is 13.2 Å². The number of ketones is 1. The van der Waals surface area contributed by atoms with Crippen molar-refractivity contribution in [1.82, 2.24) is 0 Å². The van der Waals surface area contributed by atoms with E-state index in [1.54, 1.807) is 0 Å². The van der Waals surface area contributed by atoms with Gasteiger partial charge in [0.15, 0.2) is 30.6 Å². The minimum atomic E-state index is -6.09. The zero-order chi connectivity index (χ0) is 42.6. The lowest BCUT2D eigenvalue weighted by atomic mass is 9.81. The van der Waals surface area contributed by atoms with Crippen LogP contribution in [0, 0.1) is 0 Å². The second-order valence-corrected chi connectivity index (χ2v) is 20.3. The SMILES string of the molecule is CC1(C)c2cc(Sc3ccc([S+](c4ccccc4)c4ccc5c(c4)C(C)(C)c4ccccc4-5)cc3)ccc2-c2ccc(C(=O)c3ccccc3)cc21.O=S(=O)([O-])C(F)(F)F. The van der Waals surface area contributed by atoms with Crippen LogP contribution in [0.2, 0.25) is 0 Å². The van der Waals surface area contributed by atoms with Gasteiger partial charge >= 0.3 is 5.51 Å². The van der Waals surface area contributed by atoms with E-state index >= 15 is 0 Å². The summed E-state index contributed by atoms with van der Waals surface area (Å²) in [5.41, 5.74) is 6.08. The largest absolute Gasteiger partial charge is 0.741 e. The Labute approximate surface area is 355 Å². The van der Waals surface area contributed by atoms with Crippen LogP contribution in [-0.2, 0) is 31.8 Å². The maximum atomic E-state index is 13.3. The number of alkyl halides is 3. The number of halogens is 3. The minimum Gasteiger partial charge on any atom is -0.741 e. The van der Waals surface area contributed by atoms with Gasteiger partial charge in [0.2, 0.25) is 0 Å². The highest BCUT2D eigenvalue weighted by atomic mass is 32.2. The molecular formula is C50H39F3O4S3. The third kappa shape index (κ3) is 7.62. The molecule has 1 unspecified atom stereocenters. The van der Waals surface area contributed by atoms with Crippen molar-refractivity contribution in [2.45, 2.75) is 68.5 Å². The van der Waals surface area contributed by atoms with E-state index in [4.69, 9.17) is 13.0 Å². The molecule has 10 heteroatoms. The van der Waals surface area contributed by atoms with Crippen molar-refractivity contribution in [3.05, 3.63) is 197 Å². The van der Waals surface area contributed by atoms with E-state index < -0.39 is 15.6 Å². The predicted molar refractivity (Wildman–Crippen MR) is 233 cm³/mol. The van der Waals surface area contributed by atoms with Gasteiger partial charge < -0.3 is 4.55 Å². The smallest absolute Gasteiger partial charge is 0.485 e. The molecule has 2 aliphatic rings. The molecule has 0 aliphatic heterocycles. The molecule has 302 valence electrons. The highest BCUT2D eigenvalue weighted by Gasteiger charge is 2.39. The van der Waals surface area contributed by atoms with Gasteiger partial charge in [-0.25, -0.2) is 8.42 Å². The van der Waals surface area contributed by atoms with Gasteiger partial charge in [-0.1, -0.05) is 130 Å². The van der Waals surface area contributed by atoms with E-state index in [0.29, 0.717) is 0 Å². The van der Waals surface area contributed by atoms with Gasteiger partial charge in [-0.15, -0.1) is 0 Å². The Hall–Kier alpha value is -5.39. The Morgan fingerprint density at radius 1 is 0.517 bits per heavy atom. The van der Waals surface area contributed by atoms with Crippen LogP contribution in [0.4, 0.5) is 13.2 Å². The molecule has 0 amide bonds. The van der Waals surface area contributed by atoms with Crippen LogP contribution in [-0.4, -0.2) is 24.3 Å². The molecule has 7 aromatic carbocycles. The van der Waals surface area contributed by atoms with E-state index in [0.717, 1.165) is 11.1 Å². The number of rotatable bonds is 7. The number of hydrogen-bond acceptors (Lipinski definition) is 5. The summed E-state index contributed by atoms with van der Waals surface area (Å²) in [5.74, 6) is 0.0653. The van der Waals surface area contributed by atoms with Crippen molar-refractivity contribution < 1.29 is 30.9 Å². The van der Waals surface area contributed by atoms with Crippen LogP contribution in [0.25, 0.3) is 22.3 Å². The van der Waals surface area contributed by atoms with Crippen molar-refractivity contribution in [3.8, 4) is 22.3 Å². The van der Waals surface area contributed by atoms with E-state index in [1.165, 1.54) is 69.0 Å². The summed E-state index contributed by atoms with van der Waals surface area (Å²) in [6, 6.07) is 58.8. The molecule has 9 rings (SSSR count). The summed E-state index contributed by atoms with van der Waals surface area (Å²) in [7, 11) is -6.33. The lowest BCUT2D eigenvalue weighted by molar-refractivity contribution is -0.0517. The van der Waals surface area contributed by atoms with Crippen LogP contribution in [0.15, 0.2) is 188 Å². The van der Waals surface area contributed by atoms with Gasteiger partial charge in [-0.05, 0) is 117 Å². The highest BCUT2D eigenvalue weighted by molar-refractivity contribution is 7.99. The second-order valence-electron chi connectivity index (χ2n) is 15.8. The monoisotopic (exact) mass is 856 g/mol. The molecule has 0 saturated carbocycles. The molecule has 0 aromatic heterocycles. The third-order valence-corrected chi connectivity index (χ3v) is 15.1. The Bertz CT molecular complexity index is 2870. The maximum absolute atomic E-state index is 13.3. The number of carbonyl (C=O) groups is 1. The zero-order valence-electron chi connectivity index (χ0n) is 33.1. The van der Waals surface area contributed by atoms with Gasteiger partial charge in [0.1, 0.15) is 0 Å². The first-order valence-electron chi connectivity index (χ1n) is 19.2. The van der Waals surface area contributed by atoms with Gasteiger partial charge in [0.05, 0.1) is 10.9 Å². The standard InChI is InChI=1S/C49H39OS2.CHF3O3S/c1-48(2)43-18-12-11-17-39(43)42-28-25-38(31-46(42)48)52(36-15-9-6-10-16-36)37-23-20-34(21-24-37)51-35-22-27-41-40-26-19-33(47(50)32-13-7-5-8-14-32)29-44(40)49(3,4)45(41)30-35;2-1(3,4)8(5,6)7/h5-31H,1-4H3;(H,5,6,7)/q+1;/p-1. The Balaban J connectivity index is 0.000000568. The summed E-state index contributed by atoms with van der Waals surface area (Å²) in [4.78, 5) is 19.7. The Morgan fingerprint density at radius 2 is 0.967 bits per heavy atom. The summed E-state index contributed by atoms with van der Waals surface area (Å²) in [6.45, 7) is 9.27. The third-order valence-electron chi connectivity index (χ3n) is 11.3. The molecule has 0 bridgehead atoms. The minimum absolute atomic E-state index is 0.0399. The van der Waals surface area contributed by atoms with Crippen LogP contribution < -0.4 is 0 Å². The average Bonchev–Trinajstić information content (AvgIpc) is 3.60. The van der Waals surface area contributed by atoms with E-state index in [1.807, 2.05) is 48.2 Å². The van der Waals surface area contributed by atoms with Crippen LogP contribution in [0.1, 0.15) is 65.9 Å². The number of fused-ring (bicyclic) bond motifs is 6. The molecular weight excluding hydrogens is 818 g/mol. The van der Waals surface area contributed by atoms with Crippen molar-refractivity contribution >= 4 is 38.6 Å². The quantitative estimate of drug-likeness (QED) is 0.0691. The first-order valence-corrected chi connectivity index (χ1v) is 22.6. The van der Waals surface area contributed by atoms with Crippen LogP contribution in [0.3, 0.4) is 0 Å². The fourth-order valence-corrected chi connectivity index (χ4v) is 11.2. The van der Waals surface area contributed by atoms with Crippen molar-refractivity contribution in [2.75, 3.05) is 0 Å². The van der Waals surface area contributed by atoms with E-state index in [2.05, 4.69) is 155 Å². The van der Waals surface area contributed by atoms with Gasteiger partial charge in [0, 0.05) is 31.7 Å². The zero-order valence-corrected chi connectivity index (χ0v) is 35.5. The Kier molecular flexibility index (Phi) is 10.7. The first kappa shape index (κ1) is 41.3. The molecule has 4 nitrogen and oxygen atoms in total. The molecule has 0 radical (unpaired) electrons. The number of carbonyl (C=O) groups excluding carboxylic acids is 1. The molecule has 0 saturated heterocycles. The normalized spacial score (nSPS) is 14.8. The molecule has 2 aliphatic carbocycles. The highest BCUT2D eigenvalue weighted by Crippen LogP contribution is 2.52. The number of hydrogen-bond donors (Lipinski definition) is 0. The molecule has 7 aromatic rings.